The van der Waals surface area contributed by atoms with E-state index in [9.17, 15) is 24.6 Å². The molecule has 2 aliphatic rings. The van der Waals surface area contributed by atoms with Crippen LogP contribution >= 0.6 is 0 Å². The molecule has 3 atom stereocenters. The van der Waals surface area contributed by atoms with Crippen LogP contribution in [-0.4, -0.2) is 74.2 Å². The van der Waals surface area contributed by atoms with Crippen LogP contribution in [0.1, 0.15) is 23.1 Å². The number of amides is 4. The van der Waals surface area contributed by atoms with Gasteiger partial charge < -0.3 is 25.3 Å². The van der Waals surface area contributed by atoms with E-state index in [1.165, 1.54) is 9.80 Å². The van der Waals surface area contributed by atoms with Gasteiger partial charge in [-0.15, -0.1) is 0 Å². The summed E-state index contributed by atoms with van der Waals surface area (Å²) in [4.78, 5) is 46.4. The molecule has 2 aliphatic heterocycles. The Labute approximate surface area is 249 Å². The highest BCUT2D eigenvalue weighted by molar-refractivity contribution is 5.92. The highest BCUT2D eigenvalue weighted by atomic mass is 16.3. The molecule has 0 aliphatic carbocycles. The second kappa shape index (κ2) is 12.1. The van der Waals surface area contributed by atoms with Crippen molar-refractivity contribution in [1.29, 1.82) is 0 Å². The number of phenols is 1. The van der Waals surface area contributed by atoms with E-state index in [-0.39, 0.29) is 50.1 Å². The number of carbonyl (C=O) groups is 3. The van der Waals surface area contributed by atoms with Crippen LogP contribution in [0.15, 0.2) is 97.1 Å². The van der Waals surface area contributed by atoms with Gasteiger partial charge in [0.25, 0.3) is 0 Å². The van der Waals surface area contributed by atoms with Crippen LogP contribution < -0.4 is 5.32 Å². The number of fused-ring (bicyclic) bond motifs is 2. The zero-order chi connectivity index (χ0) is 29.9. The normalized spacial score (nSPS) is 20.3. The van der Waals surface area contributed by atoms with Crippen molar-refractivity contribution in [2.24, 2.45) is 0 Å². The lowest BCUT2D eigenvalue weighted by Crippen LogP contribution is -2.74. The number of phenolic OH excluding ortho intramolecular Hbond substituents is 1. The Morgan fingerprint density at radius 3 is 2.35 bits per heavy atom. The van der Waals surface area contributed by atoms with Gasteiger partial charge in [0.1, 0.15) is 18.0 Å². The molecule has 4 aromatic carbocycles. The molecule has 9 heteroatoms. The number of hydrogen-bond acceptors (Lipinski definition) is 5. The molecule has 2 fully saturated rings. The second-order valence-electron chi connectivity index (χ2n) is 11.1. The van der Waals surface area contributed by atoms with Crippen LogP contribution in [0, 0.1) is 0 Å². The van der Waals surface area contributed by atoms with Crippen molar-refractivity contribution in [2.45, 2.75) is 44.2 Å². The zero-order valence-electron chi connectivity index (χ0n) is 23.7. The highest BCUT2D eigenvalue weighted by Crippen LogP contribution is 2.32. The summed E-state index contributed by atoms with van der Waals surface area (Å²) in [6.45, 7) is 0.308. The molecule has 0 spiro atoms. The van der Waals surface area contributed by atoms with Crippen LogP contribution in [0.4, 0.5) is 4.79 Å². The lowest BCUT2D eigenvalue weighted by atomic mass is 9.94. The van der Waals surface area contributed by atoms with Gasteiger partial charge in [0, 0.05) is 25.9 Å². The molecule has 4 amide bonds. The minimum absolute atomic E-state index is 0.0889. The average Bonchev–Trinajstić information content (AvgIpc) is 3.03. The third-order valence-corrected chi connectivity index (χ3v) is 8.39. The summed E-state index contributed by atoms with van der Waals surface area (Å²) >= 11 is 0. The largest absolute Gasteiger partial charge is 0.508 e. The molecule has 43 heavy (non-hydrogen) atoms. The number of urea groups is 1. The van der Waals surface area contributed by atoms with Gasteiger partial charge in [-0.05, 0) is 39.6 Å². The number of carbonyl (C=O) groups excluding carboxylic acids is 3. The SMILES string of the molecule is O=C1[C@H](Cc2ccc(O)cc2)N2C(=O)C[C@H](CO)N(C(=O)NCc3ccccc3)C2CN1Cc1cccc2ccccc12. The van der Waals surface area contributed by atoms with Crippen molar-refractivity contribution < 1.29 is 24.6 Å². The molecule has 9 nitrogen and oxygen atoms in total. The second-order valence-corrected chi connectivity index (χ2v) is 11.1. The number of aliphatic hydroxyl groups excluding tert-OH is 1. The van der Waals surface area contributed by atoms with Gasteiger partial charge in [0.2, 0.25) is 11.8 Å². The van der Waals surface area contributed by atoms with E-state index in [2.05, 4.69) is 5.32 Å². The Bertz CT molecular complexity index is 1620. The highest BCUT2D eigenvalue weighted by Gasteiger charge is 2.51. The standard InChI is InChI=1S/C34H34N4O5/c39-22-27-18-32(41)38-30(17-23-13-15-28(40)16-14-23)33(42)36(20-26-11-6-10-25-9-4-5-12-29(25)26)21-31(38)37(27)34(43)35-19-24-7-2-1-3-8-24/h1-16,27,30-31,39-40H,17-22H2,(H,35,43)/t27-,30+,31?/m1/s1. The summed E-state index contributed by atoms with van der Waals surface area (Å²) < 4.78 is 0. The third-order valence-electron chi connectivity index (χ3n) is 8.39. The maximum Gasteiger partial charge on any atom is 0.319 e. The Morgan fingerprint density at radius 2 is 1.58 bits per heavy atom. The van der Waals surface area contributed by atoms with Crippen molar-refractivity contribution in [3.8, 4) is 5.75 Å². The minimum atomic E-state index is -0.866. The molecular formula is C34H34N4O5. The molecule has 2 saturated heterocycles. The summed E-state index contributed by atoms with van der Waals surface area (Å²) in [7, 11) is 0. The van der Waals surface area contributed by atoms with E-state index in [1.54, 1.807) is 29.2 Å². The van der Waals surface area contributed by atoms with Gasteiger partial charge in [-0.25, -0.2) is 4.79 Å². The fourth-order valence-electron chi connectivity index (χ4n) is 6.26. The van der Waals surface area contributed by atoms with E-state index < -0.39 is 24.3 Å². The minimum Gasteiger partial charge on any atom is -0.508 e. The fraction of sp³-hybridized carbons (Fsp3) is 0.265. The van der Waals surface area contributed by atoms with Crippen molar-refractivity contribution in [2.75, 3.05) is 13.2 Å². The molecular weight excluding hydrogens is 544 g/mol. The average molecular weight is 579 g/mol. The van der Waals surface area contributed by atoms with Crippen LogP contribution in [-0.2, 0) is 29.1 Å². The number of nitrogens with zero attached hydrogens (tertiary/aromatic N) is 3. The number of hydrogen-bond donors (Lipinski definition) is 3. The first kappa shape index (κ1) is 28.2. The summed E-state index contributed by atoms with van der Waals surface area (Å²) in [5.41, 5.74) is 2.66. The van der Waals surface area contributed by atoms with E-state index in [1.807, 2.05) is 72.8 Å². The van der Waals surface area contributed by atoms with Crippen LogP contribution in [0.25, 0.3) is 10.8 Å². The van der Waals surface area contributed by atoms with Gasteiger partial charge in [0.05, 0.1) is 19.2 Å². The van der Waals surface area contributed by atoms with Gasteiger partial charge in [-0.1, -0.05) is 84.9 Å². The molecule has 4 aromatic rings. The Balaban J connectivity index is 1.36. The maximum atomic E-state index is 14.2. The third kappa shape index (κ3) is 5.76. The summed E-state index contributed by atoms with van der Waals surface area (Å²) in [5.74, 6) is -0.383. The first-order chi connectivity index (χ1) is 20.9. The Kier molecular flexibility index (Phi) is 7.98. The van der Waals surface area contributed by atoms with E-state index in [4.69, 9.17) is 0 Å². The van der Waals surface area contributed by atoms with Gasteiger partial charge in [0.15, 0.2) is 0 Å². The number of rotatable bonds is 7. The predicted octanol–water partition coefficient (Wildman–Crippen LogP) is 3.63. The lowest BCUT2D eigenvalue weighted by molar-refractivity contribution is -0.171. The van der Waals surface area contributed by atoms with Crippen LogP contribution in [0.2, 0.25) is 0 Å². The van der Waals surface area contributed by atoms with Crippen LogP contribution in [0.3, 0.4) is 0 Å². The van der Waals surface area contributed by atoms with Crippen LogP contribution in [0.5, 0.6) is 5.75 Å². The number of benzene rings is 4. The van der Waals surface area contributed by atoms with Crippen molar-refractivity contribution in [3.63, 3.8) is 0 Å². The number of aliphatic hydroxyl groups is 1. The van der Waals surface area contributed by atoms with Gasteiger partial charge in [-0.2, -0.15) is 0 Å². The Morgan fingerprint density at radius 1 is 0.860 bits per heavy atom. The molecule has 0 radical (unpaired) electrons. The molecule has 2 heterocycles. The molecule has 6 rings (SSSR count). The van der Waals surface area contributed by atoms with Crippen molar-refractivity contribution in [1.82, 2.24) is 20.0 Å². The first-order valence-electron chi connectivity index (χ1n) is 14.5. The summed E-state index contributed by atoms with van der Waals surface area (Å²) in [6.07, 6.45) is -0.644. The van der Waals surface area contributed by atoms with E-state index in [0.29, 0.717) is 6.54 Å². The number of piperazine rings is 1. The monoisotopic (exact) mass is 578 g/mol. The summed E-state index contributed by atoms with van der Waals surface area (Å²) in [6, 6.07) is 28.0. The molecule has 220 valence electrons. The quantitative estimate of drug-likeness (QED) is 0.310. The molecule has 0 aromatic heterocycles. The Hall–Kier alpha value is -4.89. The van der Waals surface area contributed by atoms with E-state index in [0.717, 1.165) is 27.5 Å². The topological polar surface area (TPSA) is 113 Å². The fourth-order valence-corrected chi connectivity index (χ4v) is 6.26. The maximum absolute atomic E-state index is 14.2. The predicted molar refractivity (Wildman–Crippen MR) is 162 cm³/mol. The smallest absolute Gasteiger partial charge is 0.319 e. The zero-order valence-corrected chi connectivity index (χ0v) is 23.7. The van der Waals surface area contributed by atoms with Gasteiger partial charge in [-0.3, -0.25) is 14.5 Å². The molecule has 1 unspecified atom stereocenters. The molecule has 0 bridgehead atoms. The molecule has 0 saturated carbocycles. The summed E-state index contributed by atoms with van der Waals surface area (Å²) in [5, 5.41) is 25.2. The first-order valence-corrected chi connectivity index (χ1v) is 14.5. The van der Waals surface area contributed by atoms with Crippen molar-refractivity contribution in [3.05, 3.63) is 114 Å². The van der Waals surface area contributed by atoms with E-state index >= 15 is 0 Å². The van der Waals surface area contributed by atoms with Gasteiger partial charge >= 0.3 is 6.03 Å². The molecule has 3 N–H and O–H groups in total. The lowest BCUT2D eigenvalue weighted by Gasteiger charge is -2.54. The number of nitrogens with one attached hydrogen (secondary N) is 1. The number of aromatic hydroxyl groups is 1. The van der Waals surface area contributed by atoms with Crippen molar-refractivity contribution >= 4 is 28.6 Å².